The van der Waals surface area contributed by atoms with Crippen LogP contribution in [-0.4, -0.2) is 35.1 Å². The zero-order chi connectivity index (χ0) is 16.2. The molecule has 3 rings (SSSR count). The van der Waals surface area contributed by atoms with Gasteiger partial charge >= 0.3 is 6.09 Å². The van der Waals surface area contributed by atoms with Crippen LogP contribution in [0, 0.1) is 5.92 Å². The SMILES string of the molecule is O=C(O)NCC(=O)N1CCc2ccccc2C1C1CCCCC1. The van der Waals surface area contributed by atoms with Gasteiger partial charge in [0, 0.05) is 6.54 Å². The largest absolute Gasteiger partial charge is 0.465 e. The molecule has 1 aromatic carbocycles. The summed E-state index contributed by atoms with van der Waals surface area (Å²) in [6.07, 6.45) is 5.71. The van der Waals surface area contributed by atoms with Crippen molar-refractivity contribution in [1.82, 2.24) is 10.2 Å². The molecule has 1 aromatic rings. The lowest BCUT2D eigenvalue weighted by atomic mass is 9.77. The van der Waals surface area contributed by atoms with Crippen LogP contribution in [0.4, 0.5) is 4.79 Å². The summed E-state index contributed by atoms with van der Waals surface area (Å²) in [7, 11) is 0. The number of rotatable bonds is 3. The van der Waals surface area contributed by atoms with Crippen LogP contribution in [0.5, 0.6) is 0 Å². The predicted octanol–water partition coefficient (Wildman–Crippen LogP) is 2.96. The van der Waals surface area contributed by atoms with Crippen LogP contribution in [0.2, 0.25) is 0 Å². The van der Waals surface area contributed by atoms with Crippen LogP contribution in [0.1, 0.15) is 49.3 Å². The molecule has 2 amide bonds. The summed E-state index contributed by atoms with van der Waals surface area (Å²) in [5.41, 5.74) is 2.59. The molecule has 2 aliphatic rings. The van der Waals surface area contributed by atoms with Gasteiger partial charge in [-0.25, -0.2) is 4.79 Å². The summed E-state index contributed by atoms with van der Waals surface area (Å²) in [6, 6.07) is 8.49. The van der Waals surface area contributed by atoms with E-state index < -0.39 is 6.09 Å². The molecule has 1 fully saturated rings. The van der Waals surface area contributed by atoms with Gasteiger partial charge in [-0.1, -0.05) is 43.5 Å². The maximum atomic E-state index is 12.6. The van der Waals surface area contributed by atoms with Gasteiger partial charge in [0.15, 0.2) is 0 Å². The fourth-order valence-electron chi connectivity index (χ4n) is 4.09. The minimum atomic E-state index is -1.15. The van der Waals surface area contributed by atoms with Crippen molar-refractivity contribution in [3.05, 3.63) is 35.4 Å². The number of carboxylic acid groups (broad SMARTS) is 1. The minimum Gasteiger partial charge on any atom is -0.465 e. The molecule has 0 spiro atoms. The van der Waals surface area contributed by atoms with Crippen molar-refractivity contribution in [1.29, 1.82) is 0 Å². The first-order chi connectivity index (χ1) is 11.2. The lowest BCUT2D eigenvalue weighted by molar-refractivity contribution is -0.134. The summed E-state index contributed by atoms with van der Waals surface area (Å²) in [6.45, 7) is 0.541. The first-order valence-corrected chi connectivity index (χ1v) is 8.51. The third-order valence-corrected chi connectivity index (χ3v) is 5.14. The van der Waals surface area contributed by atoms with Crippen molar-refractivity contribution in [2.24, 2.45) is 5.92 Å². The number of benzene rings is 1. The third-order valence-electron chi connectivity index (χ3n) is 5.14. The number of fused-ring (bicyclic) bond motifs is 1. The molecule has 23 heavy (non-hydrogen) atoms. The maximum Gasteiger partial charge on any atom is 0.405 e. The van der Waals surface area contributed by atoms with E-state index in [-0.39, 0.29) is 18.5 Å². The Morgan fingerprint density at radius 1 is 1.17 bits per heavy atom. The highest BCUT2D eigenvalue weighted by Gasteiger charge is 2.36. The minimum absolute atomic E-state index is 0.100. The van der Waals surface area contributed by atoms with Crippen LogP contribution in [0.3, 0.4) is 0 Å². The second kappa shape index (κ2) is 7.02. The van der Waals surface area contributed by atoms with E-state index in [1.54, 1.807) is 0 Å². The molecule has 0 radical (unpaired) electrons. The number of hydrogen-bond donors (Lipinski definition) is 2. The van der Waals surface area contributed by atoms with E-state index in [1.807, 2.05) is 11.0 Å². The van der Waals surface area contributed by atoms with Crippen molar-refractivity contribution in [2.75, 3.05) is 13.1 Å². The lowest BCUT2D eigenvalue weighted by Gasteiger charge is -2.43. The summed E-state index contributed by atoms with van der Waals surface area (Å²) >= 11 is 0. The fourth-order valence-corrected chi connectivity index (χ4v) is 4.09. The second-order valence-corrected chi connectivity index (χ2v) is 6.54. The van der Waals surface area contributed by atoms with E-state index in [1.165, 1.54) is 30.4 Å². The Balaban J connectivity index is 1.85. The van der Waals surface area contributed by atoms with Gasteiger partial charge in [-0.2, -0.15) is 0 Å². The molecule has 0 bridgehead atoms. The highest BCUT2D eigenvalue weighted by molar-refractivity contribution is 5.82. The van der Waals surface area contributed by atoms with E-state index in [2.05, 4.69) is 23.5 Å². The van der Waals surface area contributed by atoms with Gasteiger partial charge in [-0.3, -0.25) is 4.79 Å². The predicted molar refractivity (Wildman–Crippen MR) is 87.2 cm³/mol. The lowest BCUT2D eigenvalue weighted by Crippen LogP contribution is -2.47. The second-order valence-electron chi connectivity index (χ2n) is 6.54. The van der Waals surface area contributed by atoms with E-state index in [0.717, 1.165) is 19.3 Å². The molecule has 0 saturated heterocycles. The topological polar surface area (TPSA) is 69.6 Å². The number of nitrogens with one attached hydrogen (secondary N) is 1. The van der Waals surface area contributed by atoms with Gasteiger partial charge in [0.2, 0.25) is 5.91 Å². The molecule has 2 N–H and O–H groups in total. The summed E-state index contributed by atoms with van der Waals surface area (Å²) < 4.78 is 0. The highest BCUT2D eigenvalue weighted by Crippen LogP contribution is 2.41. The van der Waals surface area contributed by atoms with Crippen molar-refractivity contribution in [3.8, 4) is 0 Å². The number of hydrogen-bond acceptors (Lipinski definition) is 2. The normalized spacial score (nSPS) is 21.6. The van der Waals surface area contributed by atoms with Gasteiger partial charge in [-0.15, -0.1) is 0 Å². The summed E-state index contributed by atoms with van der Waals surface area (Å²) in [5, 5.41) is 11.0. The molecule has 1 saturated carbocycles. The molecule has 5 nitrogen and oxygen atoms in total. The van der Waals surface area contributed by atoms with Gasteiger partial charge in [0.1, 0.15) is 6.54 Å². The first-order valence-electron chi connectivity index (χ1n) is 8.51. The Bertz CT molecular complexity index is 581. The maximum absolute atomic E-state index is 12.6. The molecule has 1 aliphatic heterocycles. The average molecular weight is 316 g/mol. The van der Waals surface area contributed by atoms with Crippen LogP contribution in [0.15, 0.2) is 24.3 Å². The molecule has 1 heterocycles. The van der Waals surface area contributed by atoms with E-state index >= 15 is 0 Å². The van der Waals surface area contributed by atoms with Crippen molar-refractivity contribution >= 4 is 12.0 Å². The smallest absolute Gasteiger partial charge is 0.405 e. The quantitative estimate of drug-likeness (QED) is 0.900. The Hall–Kier alpha value is -2.04. The Morgan fingerprint density at radius 2 is 1.91 bits per heavy atom. The summed E-state index contributed by atoms with van der Waals surface area (Å²) in [4.78, 5) is 25.2. The molecule has 5 heteroatoms. The monoisotopic (exact) mass is 316 g/mol. The molecular formula is C18H24N2O3. The van der Waals surface area contributed by atoms with Crippen molar-refractivity contribution in [3.63, 3.8) is 0 Å². The molecule has 124 valence electrons. The van der Waals surface area contributed by atoms with E-state index in [9.17, 15) is 9.59 Å². The molecule has 1 atom stereocenters. The first kappa shape index (κ1) is 15.8. The zero-order valence-corrected chi connectivity index (χ0v) is 13.3. The average Bonchev–Trinajstić information content (AvgIpc) is 2.59. The number of nitrogens with zero attached hydrogens (tertiary/aromatic N) is 1. The van der Waals surface area contributed by atoms with E-state index in [0.29, 0.717) is 12.5 Å². The number of carbonyl (C=O) groups excluding carboxylic acids is 1. The molecule has 1 aliphatic carbocycles. The van der Waals surface area contributed by atoms with Gasteiger partial charge in [0.25, 0.3) is 0 Å². The van der Waals surface area contributed by atoms with Crippen molar-refractivity contribution < 1.29 is 14.7 Å². The fraction of sp³-hybridized carbons (Fsp3) is 0.556. The van der Waals surface area contributed by atoms with Crippen LogP contribution < -0.4 is 5.32 Å². The Morgan fingerprint density at radius 3 is 2.65 bits per heavy atom. The molecule has 0 aromatic heterocycles. The summed E-state index contributed by atoms with van der Waals surface area (Å²) in [5.74, 6) is 0.372. The zero-order valence-electron chi connectivity index (χ0n) is 13.3. The number of carbonyl (C=O) groups is 2. The van der Waals surface area contributed by atoms with Crippen LogP contribution in [0.25, 0.3) is 0 Å². The van der Waals surface area contributed by atoms with Crippen LogP contribution >= 0.6 is 0 Å². The Labute approximate surface area is 136 Å². The van der Waals surface area contributed by atoms with Crippen molar-refractivity contribution in [2.45, 2.75) is 44.6 Å². The highest BCUT2D eigenvalue weighted by atomic mass is 16.4. The van der Waals surface area contributed by atoms with Gasteiger partial charge in [-0.05, 0) is 36.3 Å². The van der Waals surface area contributed by atoms with E-state index in [4.69, 9.17) is 5.11 Å². The molecular weight excluding hydrogens is 292 g/mol. The third kappa shape index (κ3) is 3.49. The number of amides is 2. The molecule has 1 unspecified atom stereocenters. The standard InChI is InChI=1S/C18H24N2O3/c21-16(12-19-18(22)23)20-11-10-13-6-4-5-9-15(13)17(20)14-7-2-1-3-8-14/h4-6,9,14,17,19H,1-3,7-8,10-12H2,(H,22,23). The Kier molecular flexibility index (Phi) is 4.84. The van der Waals surface area contributed by atoms with Gasteiger partial charge < -0.3 is 15.3 Å². The van der Waals surface area contributed by atoms with Gasteiger partial charge in [0.05, 0.1) is 6.04 Å². The van der Waals surface area contributed by atoms with Crippen LogP contribution in [-0.2, 0) is 11.2 Å².